The van der Waals surface area contributed by atoms with Crippen LogP contribution in [0.4, 0.5) is 15.8 Å². The lowest BCUT2D eigenvalue weighted by atomic mass is 10.2. The van der Waals surface area contributed by atoms with E-state index in [-0.39, 0.29) is 11.4 Å². The van der Waals surface area contributed by atoms with Crippen molar-refractivity contribution in [1.82, 2.24) is 0 Å². The number of carbonyl (C=O) groups excluding carboxylic acids is 1. The predicted molar refractivity (Wildman–Crippen MR) is 94.5 cm³/mol. The lowest BCUT2D eigenvalue weighted by molar-refractivity contribution is 0.0997. The molecule has 0 aliphatic rings. The first-order valence-electron chi connectivity index (χ1n) is 7.28. The van der Waals surface area contributed by atoms with E-state index in [1.54, 1.807) is 24.3 Å². The van der Waals surface area contributed by atoms with Crippen LogP contribution in [0.5, 0.6) is 5.75 Å². The van der Waals surface area contributed by atoms with Crippen LogP contribution >= 0.6 is 11.6 Å². The van der Waals surface area contributed by atoms with Crippen LogP contribution in [0.2, 0.25) is 5.02 Å². The Kier molecular flexibility index (Phi) is 4.63. The highest BCUT2D eigenvalue weighted by molar-refractivity contribution is 6.32. The van der Waals surface area contributed by atoms with E-state index in [9.17, 15) is 9.18 Å². The van der Waals surface area contributed by atoms with Gasteiger partial charge in [0.05, 0.1) is 17.8 Å². The first kappa shape index (κ1) is 16.9. The normalized spacial score (nSPS) is 10.5. The van der Waals surface area contributed by atoms with Crippen LogP contribution in [0.15, 0.2) is 52.9 Å². The lowest BCUT2D eigenvalue weighted by Gasteiger charge is -2.05. The highest BCUT2D eigenvalue weighted by Crippen LogP contribution is 2.31. The van der Waals surface area contributed by atoms with Crippen molar-refractivity contribution in [2.24, 2.45) is 0 Å². The maximum Gasteiger partial charge on any atom is 0.291 e. The zero-order valence-corrected chi connectivity index (χ0v) is 13.9. The van der Waals surface area contributed by atoms with Gasteiger partial charge in [-0.2, -0.15) is 0 Å². The van der Waals surface area contributed by atoms with Crippen molar-refractivity contribution < 1.29 is 18.3 Å². The van der Waals surface area contributed by atoms with Gasteiger partial charge in [-0.15, -0.1) is 0 Å². The van der Waals surface area contributed by atoms with Crippen LogP contribution in [-0.2, 0) is 0 Å². The van der Waals surface area contributed by atoms with Crippen LogP contribution in [-0.4, -0.2) is 13.0 Å². The fraction of sp³-hybridized carbons (Fsp3) is 0.0556. The zero-order chi connectivity index (χ0) is 18.0. The molecule has 0 bridgehead atoms. The molecule has 0 saturated heterocycles. The summed E-state index contributed by atoms with van der Waals surface area (Å²) in [4.78, 5) is 12.2. The van der Waals surface area contributed by atoms with Gasteiger partial charge in [-0.25, -0.2) is 4.39 Å². The van der Waals surface area contributed by atoms with E-state index in [4.69, 9.17) is 26.5 Å². The maximum atomic E-state index is 13.2. The molecule has 5 nitrogen and oxygen atoms in total. The first-order chi connectivity index (χ1) is 12.0. The smallest absolute Gasteiger partial charge is 0.291 e. The summed E-state index contributed by atoms with van der Waals surface area (Å²) in [5.74, 6) is 0.105. The fourth-order valence-electron chi connectivity index (χ4n) is 2.25. The van der Waals surface area contributed by atoms with Crippen LogP contribution in [0.1, 0.15) is 10.6 Å². The monoisotopic (exact) mass is 360 g/mol. The molecule has 2 aromatic carbocycles. The minimum Gasteiger partial charge on any atom is -0.495 e. The van der Waals surface area contributed by atoms with E-state index in [1.807, 2.05) is 0 Å². The summed E-state index contributed by atoms with van der Waals surface area (Å²) in [6.07, 6.45) is 0. The molecule has 7 heteroatoms. The third kappa shape index (κ3) is 3.59. The van der Waals surface area contributed by atoms with Crippen molar-refractivity contribution in [2.45, 2.75) is 0 Å². The molecule has 1 aromatic heterocycles. The number of anilines is 2. The Labute approximate surface area is 148 Å². The number of nitrogen functional groups attached to an aromatic ring is 1. The average Bonchev–Trinajstić information content (AvgIpc) is 3.08. The molecule has 0 saturated carbocycles. The third-order valence-electron chi connectivity index (χ3n) is 3.52. The van der Waals surface area contributed by atoms with Gasteiger partial charge in [-0.05, 0) is 48.5 Å². The second-order valence-corrected chi connectivity index (χ2v) is 5.61. The van der Waals surface area contributed by atoms with Gasteiger partial charge < -0.3 is 20.2 Å². The number of rotatable bonds is 4. The minimum atomic E-state index is -0.547. The van der Waals surface area contributed by atoms with Crippen molar-refractivity contribution in [3.8, 4) is 17.1 Å². The van der Waals surface area contributed by atoms with Gasteiger partial charge in [0.15, 0.2) is 5.76 Å². The number of hydrogen-bond donors (Lipinski definition) is 2. The number of benzene rings is 2. The summed E-state index contributed by atoms with van der Waals surface area (Å²) in [6.45, 7) is 0. The lowest BCUT2D eigenvalue weighted by Crippen LogP contribution is -2.11. The summed E-state index contributed by atoms with van der Waals surface area (Å²) < 4.78 is 23.8. The number of amides is 1. The highest BCUT2D eigenvalue weighted by Gasteiger charge is 2.14. The molecule has 0 aliphatic carbocycles. The Morgan fingerprint density at radius 1 is 1.20 bits per heavy atom. The summed E-state index contributed by atoms with van der Waals surface area (Å²) in [6, 6.07) is 12.3. The van der Waals surface area contributed by atoms with Crippen molar-refractivity contribution in [2.75, 3.05) is 18.2 Å². The minimum absolute atomic E-state index is 0.0502. The molecule has 0 fully saturated rings. The number of nitrogens with one attached hydrogen (secondary N) is 1. The van der Waals surface area contributed by atoms with Crippen molar-refractivity contribution in [1.29, 1.82) is 0 Å². The molecule has 0 radical (unpaired) electrons. The quantitative estimate of drug-likeness (QED) is 0.667. The van der Waals surface area contributed by atoms with E-state index in [2.05, 4.69) is 5.32 Å². The molecule has 3 rings (SSSR count). The van der Waals surface area contributed by atoms with Crippen LogP contribution in [0.3, 0.4) is 0 Å². The molecule has 0 spiro atoms. The molecule has 1 amide bonds. The third-order valence-corrected chi connectivity index (χ3v) is 3.82. The summed E-state index contributed by atoms with van der Waals surface area (Å²) >= 11 is 6.10. The number of methoxy groups -OCH3 is 1. The van der Waals surface area contributed by atoms with Gasteiger partial charge in [0.1, 0.15) is 17.3 Å². The van der Waals surface area contributed by atoms with E-state index in [1.165, 1.54) is 31.4 Å². The highest BCUT2D eigenvalue weighted by atomic mass is 35.5. The SMILES string of the molecule is COc1ccc(-c2ccc(C(=O)Nc3ccc(F)c(N)c3)o2)cc1Cl. The van der Waals surface area contributed by atoms with E-state index in [0.717, 1.165) is 0 Å². The Hall–Kier alpha value is -2.99. The van der Waals surface area contributed by atoms with Crippen molar-refractivity contribution in [3.05, 3.63) is 65.1 Å². The number of nitrogens with two attached hydrogens (primary N) is 1. The van der Waals surface area contributed by atoms with Crippen LogP contribution in [0, 0.1) is 5.82 Å². The molecule has 1 heterocycles. The molecule has 128 valence electrons. The predicted octanol–water partition coefficient (Wildman–Crippen LogP) is 4.58. The second kappa shape index (κ2) is 6.86. The van der Waals surface area contributed by atoms with Crippen molar-refractivity contribution >= 4 is 28.9 Å². The standard InChI is InChI=1S/C18H14ClFN2O3/c1-24-16-5-2-10(8-12(16)19)15-6-7-17(25-15)18(23)22-11-3-4-13(20)14(21)9-11/h2-9H,21H2,1H3,(H,22,23). The Morgan fingerprint density at radius 3 is 2.68 bits per heavy atom. The summed E-state index contributed by atoms with van der Waals surface area (Å²) in [5, 5.41) is 3.03. The van der Waals surface area contributed by atoms with E-state index in [0.29, 0.717) is 27.8 Å². The maximum absolute atomic E-state index is 13.2. The zero-order valence-electron chi connectivity index (χ0n) is 13.2. The van der Waals surface area contributed by atoms with Crippen LogP contribution in [0.25, 0.3) is 11.3 Å². The van der Waals surface area contributed by atoms with Gasteiger partial charge in [0.2, 0.25) is 0 Å². The van der Waals surface area contributed by atoms with Gasteiger partial charge in [-0.3, -0.25) is 4.79 Å². The number of hydrogen-bond acceptors (Lipinski definition) is 4. The first-order valence-corrected chi connectivity index (χ1v) is 7.66. The number of ether oxygens (including phenoxy) is 1. The van der Waals surface area contributed by atoms with Gasteiger partial charge in [0.25, 0.3) is 5.91 Å². The topological polar surface area (TPSA) is 77.5 Å². The Bertz CT molecular complexity index is 940. The average molecular weight is 361 g/mol. The van der Waals surface area contributed by atoms with Gasteiger partial charge in [-0.1, -0.05) is 11.6 Å². The Balaban J connectivity index is 1.79. The fourth-order valence-corrected chi connectivity index (χ4v) is 2.51. The second-order valence-electron chi connectivity index (χ2n) is 5.20. The van der Waals surface area contributed by atoms with Gasteiger partial charge in [0, 0.05) is 11.3 Å². The molecular formula is C18H14ClFN2O3. The molecule has 25 heavy (non-hydrogen) atoms. The summed E-state index contributed by atoms with van der Waals surface area (Å²) in [7, 11) is 1.53. The molecule has 0 aliphatic heterocycles. The van der Waals surface area contributed by atoms with Crippen LogP contribution < -0.4 is 15.8 Å². The Morgan fingerprint density at radius 2 is 2.00 bits per heavy atom. The number of halogens is 2. The molecule has 0 atom stereocenters. The van der Waals surface area contributed by atoms with Gasteiger partial charge >= 0.3 is 0 Å². The number of carbonyl (C=O) groups is 1. The van der Waals surface area contributed by atoms with E-state index >= 15 is 0 Å². The number of furan rings is 1. The largest absolute Gasteiger partial charge is 0.495 e. The molecular weight excluding hydrogens is 347 g/mol. The molecule has 0 unspecified atom stereocenters. The van der Waals surface area contributed by atoms with Crippen molar-refractivity contribution in [3.63, 3.8) is 0 Å². The van der Waals surface area contributed by atoms with E-state index < -0.39 is 11.7 Å². The molecule has 3 N–H and O–H groups in total. The summed E-state index contributed by atoms with van der Waals surface area (Å²) in [5.41, 5.74) is 6.50. The molecule has 3 aromatic rings.